The first-order valence-corrected chi connectivity index (χ1v) is 15.2. The summed E-state index contributed by atoms with van der Waals surface area (Å²) in [6.45, 7) is 11.1. The second-order valence-electron chi connectivity index (χ2n) is 10.5. The van der Waals surface area contributed by atoms with Gasteiger partial charge < -0.3 is 15.8 Å². The highest BCUT2D eigenvalue weighted by Crippen LogP contribution is 2.36. The molecule has 0 saturated carbocycles. The summed E-state index contributed by atoms with van der Waals surface area (Å²) < 4.78 is 6.80. The lowest BCUT2D eigenvalue weighted by molar-refractivity contribution is -0.190. The minimum Gasteiger partial charge on any atom is -0.367 e. The molecule has 5 heteroatoms. The Morgan fingerprint density at radius 3 is 1.34 bits per heavy atom. The molecular weight excluding hydrogens is 436 g/mol. The van der Waals surface area contributed by atoms with Gasteiger partial charge in [-0.2, -0.15) is 0 Å². The summed E-state index contributed by atoms with van der Waals surface area (Å²) >= 11 is 0. The fourth-order valence-electron chi connectivity index (χ4n) is 5.06. The van der Waals surface area contributed by atoms with E-state index in [0.29, 0.717) is 32.2 Å². The molecule has 0 spiro atoms. The molecule has 208 valence electrons. The Hall–Kier alpha value is -1.10. The van der Waals surface area contributed by atoms with Crippen molar-refractivity contribution in [2.75, 3.05) is 6.54 Å². The third-order valence-corrected chi connectivity index (χ3v) is 7.46. The Kier molecular flexibility index (Phi) is 20.4. The zero-order valence-electron chi connectivity index (χ0n) is 24.2. The van der Waals surface area contributed by atoms with Crippen molar-refractivity contribution in [2.24, 2.45) is 5.73 Å². The number of hydrogen-bond donors (Lipinski definition) is 2. The number of ether oxygens (including phenoxy) is 1. The zero-order chi connectivity index (χ0) is 26.4. The first-order chi connectivity index (χ1) is 16.9. The van der Waals surface area contributed by atoms with Crippen LogP contribution in [-0.2, 0) is 14.3 Å². The van der Waals surface area contributed by atoms with E-state index in [9.17, 15) is 9.59 Å². The highest BCUT2D eigenvalue weighted by atomic mass is 16.5. The SMILES string of the molecule is CCCCCCCCC(CC)(OC(CCCCCC)(CCCCCCCC)C(=O)NCC)C(N)=O. The molecule has 0 fully saturated rings. The van der Waals surface area contributed by atoms with Crippen LogP contribution in [0.5, 0.6) is 0 Å². The van der Waals surface area contributed by atoms with Gasteiger partial charge in [0.2, 0.25) is 5.91 Å². The molecule has 0 aromatic rings. The van der Waals surface area contributed by atoms with Gasteiger partial charge in [-0.05, 0) is 32.6 Å². The number of likely N-dealkylation sites (N-methyl/N-ethyl adjacent to an activating group) is 1. The number of rotatable bonds is 25. The molecule has 5 nitrogen and oxygen atoms in total. The Bertz CT molecular complexity index is 540. The number of unbranched alkanes of at least 4 members (excludes halogenated alkanes) is 13. The monoisotopic (exact) mass is 496 g/mol. The van der Waals surface area contributed by atoms with E-state index in [1.165, 1.54) is 51.4 Å². The van der Waals surface area contributed by atoms with E-state index >= 15 is 0 Å². The maximum absolute atomic E-state index is 13.6. The summed E-state index contributed by atoms with van der Waals surface area (Å²) in [6.07, 6.45) is 20.5. The van der Waals surface area contributed by atoms with Crippen LogP contribution in [0.15, 0.2) is 0 Å². The van der Waals surface area contributed by atoms with Crippen LogP contribution in [0, 0.1) is 0 Å². The van der Waals surface area contributed by atoms with Crippen LogP contribution in [0.4, 0.5) is 0 Å². The quantitative estimate of drug-likeness (QED) is 0.126. The van der Waals surface area contributed by atoms with Gasteiger partial charge >= 0.3 is 0 Å². The summed E-state index contributed by atoms with van der Waals surface area (Å²) in [4.78, 5) is 26.4. The van der Waals surface area contributed by atoms with Crippen molar-refractivity contribution < 1.29 is 14.3 Å². The molecule has 0 aliphatic carbocycles. The van der Waals surface area contributed by atoms with Gasteiger partial charge in [0.15, 0.2) is 0 Å². The molecule has 0 rings (SSSR count). The molecule has 0 aliphatic heterocycles. The highest BCUT2D eigenvalue weighted by molar-refractivity contribution is 5.87. The Balaban J connectivity index is 5.70. The van der Waals surface area contributed by atoms with Crippen LogP contribution in [0.25, 0.3) is 0 Å². The van der Waals surface area contributed by atoms with Gasteiger partial charge in [-0.15, -0.1) is 0 Å². The first-order valence-electron chi connectivity index (χ1n) is 15.2. The Morgan fingerprint density at radius 1 is 0.600 bits per heavy atom. The van der Waals surface area contributed by atoms with E-state index in [0.717, 1.165) is 51.4 Å². The van der Waals surface area contributed by atoms with E-state index in [1.54, 1.807) is 0 Å². The van der Waals surface area contributed by atoms with Crippen LogP contribution < -0.4 is 11.1 Å². The van der Waals surface area contributed by atoms with Crippen LogP contribution in [0.1, 0.15) is 163 Å². The molecule has 0 radical (unpaired) electrons. The highest BCUT2D eigenvalue weighted by Gasteiger charge is 2.48. The molecule has 2 amide bonds. The molecule has 2 atom stereocenters. The van der Waals surface area contributed by atoms with Gasteiger partial charge in [-0.3, -0.25) is 9.59 Å². The first kappa shape index (κ1) is 33.9. The van der Waals surface area contributed by atoms with Gasteiger partial charge in [0, 0.05) is 6.54 Å². The molecule has 2 unspecified atom stereocenters. The van der Waals surface area contributed by atoms with Gasteiger partial charge in [-0.1, -0.05) is 130 Å². The van der Waals surface area contributed by atoms with Crippen molar-refractivity contribution in [1.29, 1.82) is 0 Å². The third-order valence-electron chi connectivity index (χ3n) is 7.46. The molecule has 3 N–H and O–H groups in total. The van der Waals surface area contributed by atoms with Crippen molar-refractivity contribution >= 4 is 11.8 Å². The summed E-state index contributed by atoms with van der Waals surface area (Å²) in [5.41, 5.74) is 3.95. The predicted molar refractivity (Wildman–Crippen MR) is 149 cm³/mol. The number of primary amides is 1. The van der Waals surface area contributed by atoms with Crippen molar-refractivity contribution in [3.63, 3.8) is 0 Å². The topological polar surface area (TPSA) is 81.4 Å². The van der Waals surface area contributed by atoms with E-state index in [-0.39, 0.29) is 5.91 Å². The standard InChI is InChI=1S/C30H60N2O3/c1-6-11-14-17-19-22-24-29(9-4,27(31)33)35-30(28(34)32-10-5,25-21-16-13-8-3)26-23-20-18-15-12-7-2/h6-26H2,1-5H3,(H2,31,33)(H,32,34). The predicted octanol–water partition coefficient (Wildman–Crippen LogP) is 7.98. The molecule has 0 bridgehead atoms. The van der Waals surface area contributed by atoms with Crippen molar-refractivity contribution in [3.05, 3.63) is 0 Å². The number of hydrogen-bond acceptors (Lipinski definition) is 3. The number of nitrogens with two attached hydrogens (primary N) is 1. The summed E-state index contributed by atoms with van der Waals surface area (Å²) in [5, 5.41) is 3.05. The van der Waals surface area contributed by atoms with E-state index in [4.69, 9.17) is 10.5 Å². The van der Waals surface area contributed by atoms with E-state index in [1.807, 2.05) is 13.8 Å². The summed E-state index contributed by atoms with van der Waals surface area (Å²) in [5.74, 6) is -0.481. The van der Waals surface area contributed by atoms with Crippen LogP contribution in [0.3, 0.4) is 0 Å². The maximum atomic E-state index is 13.6. The van der Waals surface area contributed by atoms with Gasteiger partial charge in [0.05, 0.1) is 0 Å². The average Bonchev–Trinajstić information content (AvgIpc) is 2.85. The molecule has 0 aromatic heterocycles. The Morgan fingerprint density at radius 2 is 0.971 bits per heavy atom. The minimum atomic E-state index is -1.08. The molecule has 0 saturated heterocycles. The second-order valence-corrected chi connectivity index (χ2v) is 10.5. The maximum Gasteiger partial charge on any atom is 0.252 e. The molecule has 0 heterocycles. The van der Waals surface area contributed by atoms with Gasteiger partial charge in [-0.25, -0.2) is 0 Å². The smallest absolute Gasteiger partial charge is 0.252 e. The van der Waals surface area contributed by atoms with Crippen molar-refractivity contribution in [1.82, 2.24) is 5.32 Å². The lowest BCUT2D eigenvalue weighted by Gasteiger charge is -2.42. The molecule has 0 aliphatic rings. The fourth-order valence-corrected chi connectivity index (χ4v) is 5.06. The fraction of sp³-hybridized carbons (Fsp3) is 0.933. The number of carbonyl (C=O) groups is 2. The number of carbonyl (C=O) groups excluding carboxylic acids is 2. The molecule has 35 heavy (non-hydrogen) atoms. The lowest BCUT2D eigenvalue weighted by atomic mass is 9.84. The van der Waals surface area contributed by atoms with Crippen molar-refractivity contribution in [2.45, 2.75) is 174 Å². The van der Waals surface area contributed by atoms with Gasteiger partial charge in [0.25, 0.3) is 5.91 Å². The third kappa shape index (κ3) is 13.7. The Labute approximate surface area is 218 Å². The van der Waals surface area contributed by atoms with Crippen molar-refractivity contribution in [3.8, 4) is 0 Å². The summed E-state index contributed by atoms with van der Waals surface area (Å²) in [7, 11) is 0. The van der Waals surface area contributed by atoms with E-state index < -0.39 is 17.1 Å². The average molecular weight is 497 g/mol. The largest absolute Gasteiger partial charge is 0.367 e. The normalized spacial score (nSPS) is 14.9. The lowest BCUT2D eigenvalue weighted by Crippen LogP contribution is -2.58. The van der Waals surface area contributed by atoms with Crippen LogP contribution in [-0.4, -0.2) is 29.6 Å². The second kappa shape index (κ2) is 21.0. The van der Waals surface area contributed by atoms with Gasteiger partial charge in [0.1, 0.15) is 11.2 Å². The van der Waals surface area contributed by atoms with Crippen LogP contribution >= 0.6 is 0 Å². The molecule has 0 aromatic carbocycles. The van der Waals surface area contributed by atoms with E-state index in [2.05, 4.69) is 26.1 Å². The number of nitrogens with one attached hydrogen (secondary N) is 1. The molecular formula is C30H60N2O3. The number of amides is 2. The van der Waals surface area contributed by atoms with Crippen LogP contribution in [0.2, 0.25) is 0 Å². The zero-order valence-corrected chi connectivity index (χ0v) is 24.2. The summed E-state index contributed by atoms with van der Waals surface area (Å²) in [6, 6.07) is 0. The minimum absolute atomic E-state index is 0.0629.